The molecule has 1 aromatic carbocycles. The second kappa shape index (κ2) is 6.85. The van der Waals surface area contributed by atoms with Crippen LogP contribution in [0.4, 0.5) is 5.69 Å². The highest BCUT2D eigenvalue weighted by molar-refractivity contribution is 5.58. The minimum atomic E-state index is -0.324. The molecule has 1 aromatic rings. The summed E-state index contributed by atoms with van der Waals surface area (Å²) >= 11 is 0. The van der Waals surface area contributed by atoms with Crippen LogP contribution in [0.25, 0.3) is 6.08 Å². The van der Waals surface area contributed by atoms with E-state index >= 15 is 0 Å². The van der Waals surface area contributed by atoms with Crippen LogP contribution in [0.1, 0.15) is 45.7 Å². The number of hydrogen-bond donors (Lipinski definition) is 1. The monoisotopic (exact) mass is 290 g/mol. The molecule has 0 saturated carbocycles. The Labute approximate surface area is 127 Å². The summed E-state index contributed by atoms with van der Waals surface area (Å²) in [4.78, 5) is 10.7. The van der Waals surface area contributed by atoms with Gasteiger partial charge in [-0.15, -0.1) is 0 Å². The summed E-state index contributed by atoms with van der Waals surface area (Å²) in [6.07, 6.45) is 2.05. The zero-order valence-electron chi connectivity index (χ0n) is 13.9. The van der Waals surface area contributed by atoms with Crippen LogP contribution in [0.3, 0.4) is 0 Å². The Bertz CT molecular complexity index is 540. The number of hydrogen-bond acceptors (Lipinski definition) is 3. The van der Waals surface area contributed by atoms with E-state index in [1.807, 2.05) is 6.07 Å². The first-order valence-corrected chi connectivity index (χ1v) is 7.30. The van der Waals surface area contributed by atoms with Gasteiger partial charge in [0.25, 0.3) is 5.69 Å². The van der Waals surface area contributed by atoms with Crippen molar-refractivity contribution in [3.8, 4) is 0 Å². The van der Waals surface area contributed by atoms with Crippen LogP contribution < -0.4 is 5.32 Å². The minimum Gasteiger partial charge on any atom is -0.308 e. The summed E-state index contributed by atoms with van der Waals surface area (Å²) in [6.45, 7) is 13.2. The number of nitro groups is 1. The van der Waals surface area contributed by atoms with E-state index in [4.69, 9.17) is 0 Å². The van der Waals surface area contributed by atoms with Crippen molar-refractivity contribution in [2.75, 3.05) is 6.54 Å². The maximum atomic E-state index is 11.0. The minimum absolute atomic E-state index is 0.0489. The molecule has 0 unspecified atom stereocenters. The number of benzene rings is 1. The molecule has 0 amide bonds. The van der Waals surface area contributed by atoms with Gasteiger partial charge in [0, 0.05) is 23.7 Å². The van der Waals surface area contributed by atoms with Crippen molar-refractivity contribution in [3.63, 3.8) is 0 Å². The number of nitrogens with one attached hydrogen (secondary N) is 1. The van der Waals surface area contributed by atoms with Crippen LogP contribution in [-0.4, -0.2) is 17.0 Å². The molecule has 0 aliphatic carbocycles. The molecule has 0 saturated heterocycles. The summed E-state index contributed by atoms with van der Waals surface area (Å²) in [5.41, 5.74) is 3.04. The third-order valence-electron chi connectivity index (χ3n) is 3.35. The van der Waals surface area contributed by atoms with Gasteiger partial charge in [-0.25, -0.2) is 0 Å². The van der Waals surface area contributed by atoms with Gasteiger partial charge in [0.05, 0.1) is 4.92 Å². The van der Waals surface area contributed by atoms with Gasteiger partial charge >= 0.3 is 0 Å². The van der Waals surface area contributed by atoms with Crippen LogP contribution in [0.5, 0.6) is 0 Å². The summed E-state index contributed by atoms with van der Waals surface area (Å²) in [7, 11) is 0. The first kappa shape index (κ1) is 17.4. The summed E-state index contributed by atoms with van der Waals surface area (Å²) in [6, 6.07) is 5.38. The normalized spacial score (nSPS) is 12.8. The molecule has 4 nitrogen and oxygen atoms in total. The molecule has 1 N–H and O–H groups in total. The van der Waals surface area contributed by atoms with E-state index in [0.717, 1.165) is 12.1 Å². The van der Waals surface area contributed by atoms with Gasteiger partial charge in [-0.05, 0) is 39.2 Å². The smallest absolute Gasteiger partial charge is 0.272 e. The lowest BCUT2D eigenvalue weighted by molar-refractivity contribution is -0.385. The number of nitrogens with zero attached hydrogens (tertiary/aromatic N) is 1. The van der Waals surface area contributed by atoms with E-state index in [9.17, 15) is 10.1 Å². The Morgan fingerprint density at radius 3 is 2.48 bits per heavy atom. The van der Waals surface area contributed by atoms with Gasteiger partial charge in [-0.2, -0.15) is 0 Å². The van der Waals surface area contributed by atoms with Crippen molar-refractivity contribution in [3.05, 3.63) is 45.0 Å². The Hall–Kier alpha value is -1.68. The van der Waals surface area contributed by atoms with Crippen LogP contribution in [0, 0.1) is 23.0 Å². The third-order valence-corrected chi connectivity index (χ3v) is 3.35. The molecule has 0 fully saturated rings. The molecule has 0 atom stereocenters. The molecule has 21 heavy (non-hydrogen) atoms. The topological polar surface area (TPSA) is 55.2 Å². The second-order valence-corrected chi connectivity index (χ2v) is 6.78. The fourth-order valence-electron chi connectivity index (χ4n) is 1.92. The first-order chi connectivity index (χ1) is 9.60. The highest BCUT2D eigenvalue weighted by Gasteiger charge is 2.13. The lowest BCUT2D eigenvalue weighted by Crippen LogP contribution is -2.37. The van der Waals surface area contributed by atoms with Crippen molar-refractivity contribution >= 4 is 11.8 Å². The number of rotatable bonds is 5. The Balaban J connectivity index is 3.06. The van der Waals surface area contributed by atoms with Crippen molar-refractivity contribution in [2.24, 2.45) is 5.92 Å². The number of aryl methyl sites for hydroxylation is 1. The standard InChI is InChI=1S/C17H26N2O2/c1-12(2)15(11-18-17(4,5)6)9-14-8-7-13(3)16(10-14)19(20)21/h7-10,12,18H,11H2,1-6H3. The highest BCUT2D eigenvalue weighted by atomic mass is 16.6. The maximum Gasteiger partial charge on any atom is 0.272 e. The zero-order valence-corrected chi connectivity index (χ0v) is 13.9. The second-order valence-electron chi connectivity index (χ2n) is 6.78. The molecule has 4 heteroatoms. The van der Waals surface area contributed by atoms with Gasteiger partial charge in [0.15, 0.2) is 0 Å². The summed E-state index contributed by atoms with van der Waals surface area (Å²) in [5, 5.41) is 14.5. The molecular weight excluding hydrogens is 264 g/mol. The molecule has 0 aromatic heterocycles. The fourth-order valence-corrected chi connectivity index (χ4v) is 1.92. The predicted octanol–water partition coefficient (Wildman–Crippen LogP) is 4.33. The molecule has 116 valence electrons. The van der Waals surface area contributed by atoms with Crippen LogP contribution >= 0.6 is 0 Å². The van der Waals surface area contributed by atoms with E-state index in [-0.39, 0.29) is 16.1 Å². The molecule has 0 aliphatic heterocycles. The van der Waals surface area contributed by atoms with Gasteiger partial charge in [-0.1, -0.05) is 37.6 Å². The molecular formula is C17H26N2O2. The predicted molar refractivity (Wildman–Crippen MR) is 88.4 cm³/mol. The van der Waals surface area contributed by atoms with E-state index in [1.54, 1.807) is 19.1 Å². The van der Waals surface area contributed by atoms with E-state index in [0.29, 0.717) is 11.5 Å². The van der Waals surface area contributed by atoms with Crippen LogP contribution in [0.2, 0.25) is 0 Å². The lowest BCUT2D eigenvalue weighted by atomic mass is 9.98. The van der Waals surface area contributed by atoms with E-state index in [2.05, 4.69) is 46.0 Å². The molecule has 0 bridgehead atoms. The van der Waals surface area contributed by atoms with Gasteiger partial charge in [0.2, 0.25) is 0 Å². The van der Waals surface area contributed by atoms with Crippen molar-refractivity contribution < 1.29 is 4.92 Å². The van der Waals surface area contributed by atoms with Crippen LogP contribution in [-0.2, 0) is 0 Å². The summed E-state index contributed by atoms with van der Waals surface area (Å²) < 4.78 is 0. The average molecular weight is 290 g/mol. The zero-order chi connectivity index (χ0) is 16.2. The number of nitro benzene ring substituents is 1. The van der Waals surface area contributed by atoms with Gasteiger partial charge in [0.1, 0.15) is 0 Å². The molecule has 0 heterocycles. The third kappa shape index (κ3) is 5.68. The molecule has 0 radical (unpaired) electrons. The molecule has 1 rings (SSSR count). The Morgan fingerprint density at radius 2 is 2.00 bits per heavy atom. The van der Waals surface area contributed by atoms with Gasteiger partial charge in [-0.3, -0.25) is 10.1 Å². The SMILES string of the molecule is Cc1ccc(C=C(CNC(C)(C)C)C(C)C)cc1[N+](=O)[O-]. The maximum absolute atomic E-state index is 11.0. The van der Waals surface area contributed by atoms with Crippen molar-refractivity contribution in [1.82, 2.24) is 5.32 Å². The largest absolute Gasteiger partial charge is 0.308 e. The molecule has 0 spiro atoms. The van der Waals surface area contributed by atoms with Crippen molar-refractivity contribution in [2.45, 2.75) is 47.1 Å². The Morgan fingerprint density at radius 1 is 1.38 bits per heavy atom. The fraction of sp³-hybridized carbons (Fsp3) is 0.529. The summed E-state index contributed by atoms with van der Waals surface area (Å²) in [5.74, 6) is 0.389. The average Bonchev–Trinajstić information content (AvgIpc) is 2.34. The van der Waals surface area contributed by atoms with Crippen molar-refractivity contribution in [1.29, 1.82) is 0 Å². The quantitative estimate of drug-likeness (QED) is 0.648. The Kier molecular flexibility index (Phi) is 5.67. The van der Waals surface area contributed by atoms with Crippen LogP contribution in [0.15, 0.2) is 23.8 Å². The first-order valence-electron chi connectivity index (χ1n) is 7.30. The molecule has 0 aliphatic rings. The van der Waals surface area contributed by atoms with E-state index in [1.165, 1.54) is 5.57 Å². The lowest BCUT2D eigenvalue weighted by Gasteiger charge is -2.23. The van der Waals surface area contributed by atoms with Gasteiger partial charge < -0.3 is 5.32 Å². The van der Waals surface area contributed by atoms with E-state index < -0.39 is 0 Å². The highest BCUT2D eigenvalue weighted by Crippen LogP contribution is 2.22.